The molecule has 1 saturated heterocycles. The van der Waals surface area contributed by atoms with E-state index in [2.05, 4.69) is 9.62 Å². The van der Waals surface area contributed by atoms with Crippen LogP contribution in [0.15, 0.2) is 48.5 Å². The maximum absolute atomic E-state index is 13.7. The topological polar surface area (TPSA) is 58.6 Å². The molecule has 0 saturated carbocycles. The fourth-order valence-electron chi connectivity index (χ4n) is 3.08. The van der Waals surface area contributed by atoms with Gasteiger partial charge in [0.2, 0.25) is 10.0 Å². The zero-order valence-corrected chi connectivity index (χ0v) is 14.8. The van der Waals surface area contributed by atoms with Crippen molar-refractivity contribution in [3.63, 3.8) is 0 Å². The van der Waals surface area contributed by atoms with Crippen molar-refractivity contribution in [1.82, 2.24) is 4.72 Å². The molecule has 25 heavy (non-hydrogen) atoms. The Bertz CT molecular complexity index is 842. The van der Waals surface area contributed by atoms with Crippen LogP contribution >= 0.6 is 0 Å². The normalized spacial score (nSPS) is 17.7. The summed E-state index contributed by atoms with van der Waals surface area (Å²) in [5.74, 6) is -0.0996. The molecule has 2 aromatic carbocycles. The molecule has 0 aliphatic carbocycles. The lowest BCUT2D eigenvalue weighted by molar-refractivity contribution is 0.415. The Labute approximate surface area is 147 Å². The first kappa shape index (κ1) is 17.7. The van der Waals surface area contributed by atoms with Crippen LogP contribution in [0.3, 0.4) is 0 Å². The smallest absolute Gasteiger partial charge is 0.216 e. The monoisotopic (exact) mass is 364 g/mol. The molecule has 1 fully saturated rings. The minimum Gasteiger partial charge on any atom is -0.495 e. The van der Waals surface area contributed by atoms with E-state index >= 15 is 0 Å². The molecule has 0 radical (unpaired) electrons. The summed E-state index contributed by atoms with van der Waals surface area (Å²) in [5.41, 5.74) is 1.12. The maximum Gasteiger partial charge on any atom is 0.216 e. The highest BCUT2D eigenvalue weighted by atomic mass is 32.2. The van der Waals surface area contributed by atoms with Crippen LogP contribution in [0.1, 0.15) is 12.0 Å². The van der Waals surface area contributed by atoms with E-state index in [1.165, 1.54) is 12.1 Å². The van der Waals surface area contributed by atoms with Crippen molar-refractivity contribution in [2.45, 2.75) is 18.2 Å². The molecule has 1 atom stereocenters. The van der Waals surface area contributed by atoms with Crippen molar-refractivity contribution in [3.8, 4) is 5.75 Å². The molecule has 0 aromatic heterocycles. The molecule has 0 spiro atoms. The van der Waals surface area contributed by atoms with E-state index in [-0.39, 0.29) is 17.4 Å². The van der Waals surface area contributed by atoms with Gasteiger partial charge in [-0.15, -0.1) is 0 Å². The highest BCUT2D eigenvalue weighted by molar-refractivity contribution is 7.88. The van der Waals surface area contributed by atoms with E-state index in [0.29, 0.717) is 13.0 Å². The fraction of sp³-hybridized carbons (Fsp3) is 0.333. The van der Waals surface area contributed by atoms with Crippen molar-refractivity contribution in [1.29, 1.82) is 0 Å². The number of hydrogen-bond acceptors (Lipinski definition) is 4. The maximum atomic E-state index is 13.7. The molecule has 1 heterocycles. The summed E-state index contributed by atoms with van der Waals surface area (Å²) < 4.78 is 46.4. The molecule has 1 unspecified atom stereocenters. The number of sulfonamides is 1. The van der Waals surface area contributed by atoms with Crippen LogP contribution in [0.2, 0.25) is 0 Å². The van der Waals surface area contributed by atoms with Gasteiger partial charge in [0.1, 0.15) is 11.6 Å². The van der Waals surface area contributed by atoms with E-state index < -0.39 is 15.8 Å². The number of methoxy groups -OCH3 is 1. The van der Waals surface area contributed by atoms with Crippen LogP contribution in [-0.2, 0) is 15.8 Å². The molecule has 1 N–H and O–H groups in total. The highest BCUT2D eigenvalue weighted by Gasteiger charge is 2.28. The van der Waals surface area contributed by atoms with E-state index in [9.17, 15) is 12.8 Å². The zero-order chi connectivity index (χ0) is 17.9. The lowest BCUT2D eigenvalue weighted by Gasteiger charge is -2.21. The Balaban J connectivity index is 1.65. The third kappa shape index (κ3) is 4.29. The van der Waals surface area contributed by atoms with Gasteiger partial charge in [-0.2, -0.15) is 0 Å². The SMILES string of the molecule is COc1ccccc1N1CCC(NS(=O)(=O)Cc2ccccc2F)C1. The van der Waals surface area contributed by atoms with Gasteiger partial charge in [-0.25, -0.2) is 17.5 Å². The standard InChI is InChI=1S/C18H21FN2O3S/c1-24-18-9-5-4-8-17(18)21-11-10-15(12-21)20-25(22,23)13-14-6-2-3-7-16(14)19/h2-9,15,20H,10-13H2,1H3. The van der Waals surface area contributed by atoms with E-state index in [4.69, 9.17) is 4.74 Å². The van der Waals surface area contributed by atoms with Gasteiger partial charge in [0, 0.05) is 24.7 Å². The average Bonchev–Trinajstić information content (AvgIpc) is 3.04. The first-order valence-corrected chi connectivity index (χ1v) is 9.75. The molecule has 0 amide bonds. The second-order valence-corrected chi connectivity index (χ2v) is 7.83. The molecule has 3 rings (SSSR count). The quantitative estimate of drug-likeness (QED) is 0.856. The predicted octanol–water partition coefficient (Wildman–Crippen LogP) is 2.53. The largest absolute Gasteiger partial charge is 0.495 e. The van der Waals surface area contributed by atoms with Gasteiger partial charge >= 0.3 is 0 Å². The zero-order valence-electron chi connectivity index (χ0n) is 14.0. The van der Waals surface area contributed by atoms with E-state index in [1.807, 2.05) is 24.3 Å². The third-order valence-corrected chi connectivity index (χ3v) is 5.65. The van der Waals surface area contributed by atoms with Crippen LogP contribution in [0, 0.1) is 5.82 Å². The van der Waals surface area contributed by atoms with Gasteiger partial charge in [0.15, 0.2) is 0 Å². The summed E-state index contributed by atoms with van der Waals surface area (Å²) in [6.07, 6.45) is 0.689. The minimum atomic E-state index is -3.61. The first-order valence-electron chi connectivity index (χ1n) is 8.10. The highest BCUT2D eigenvalue weighted by Crippen LogP contribution is 2.30. The molecule has 1 aliphatic rings. The Morgan fingerprint density at radius 1 is 1.20 bits per heavy atom. The molecular weight excluding hydrogens is 343 g/mol. The number of para-hydroxylation sites is 2. The first-order chi connectivity index (χ1) is 12.0. The van der Waals surface area contributed by atoms with Gasteiger partial charge in [-0.05, 0) is 24.6 Å². The number of anilines is 1. The number of nitrogens with zero attached hydrogens (tertiary/aromatic N) is 1. The number of rotatable bonds is 6. The van der Waals surface area contributed by atoms with Gasteiger partial charge < -0.3 is 9.64 Å². The van der Waals surface area contributed by atoms with Crippen LogP contribution < -0.4 is 14.4 Å². The van der Waals surface area contributed by atoms with E-state index in [1.54, 1.807) is 19.2 Å². The fourth-order valence-corrected chi connectivity index (χ4v) is 4.51. The van der Waals surface area contributed by atoms with Gasteiger partial charge in [-0.3, -0.25) is 0 Å². The van der Waals surface area contributed by atoms with Crippen molar-refractivity contribution in [2.24, 2.45) is 0 Å². The van der Waals surface area contributed by atoms with Gasteiger partial charge in [-0.1, -0.05) is 30.3 Å². The molecule has 134 valence electrons. The van der Waals surface area contributed by atoms with Crippen LogP contribution in [0.4, 0.5) is 10.1 Å². The number of nitrogens with one attached hydrogen (secondary N) is 1. The van der Waals surface area contributed by atoms with Crippen LogP contribution in [0.5, 0.6) is 5.75 Å². The molecule has 7 heteroatoms. The number of benzene rings is 2. The van der Waals surface area contributed by atoms with Crippen molar-refractivity contribution in [3.05, 3.63) is 59.9 Å². The van der Waals surface area contributed by atoms with Crippen LogP contribution in [-0.4, -0.2) is 34.7 Å². The second kappa shape index (κ2) is 7.41. The molecule has 2 aromatic rings. The summed E-state index contributed by atoms with van der Waals surface area (Å²) in [6, 6.07) is 13.4. The molecule has 5 nitrogen and oxygen atoms in total. The lowest BCUT2D eigenvalue weighted by Crippen LogP contribution is -2.37. The second-order valence-electron chi connectivity index (χ2n) is 6.07. The number of hydrogen-bond donors (Lipinski definition) is 1. The lowest BCUT2D eigenvalue weighted by atomic mass is 10.2. The van der Waals surface area contributed by atoms with Gasteiger partial charge in [0.25, 0.3) is 0 Å². The summed E-state index contributed by atoms with van der Waals surface area (Å²) in [4.78, 5) is 2.09. The summed E-state index contributed by atoms with van der Waals surface area (Å²) in [7, 11) is -2.00. The van der Waals surface area contributed by atoms with Crippen molar-refractivity contribution < 1.29 is 17.5 Å². The van der Waals surface area contributed by atoms with Crippen LogP contribution in [0.25, 0.3) is 0 Å². The summed E-state index contributed by atoms with van der Waals surface area (Å²) in [5, 5.41) is 0. The number of ether oxygens (including phenoxy) is 1. The predicted molar refractivity (Wildman–Crippen MR) is 95.8 cm³/mol. The molecule has 1 aliphatic heterocycles. The van der Waals surface area contributed by atoms with Crippen molar-refractivity contribution in [2.75, 3.05) is 25.1 Å². The average molecular weight is 364 g/mol. The molecule has 0 bridgehead atoms. The van der Waals surface area contributed by atoms with Gasteiger partial charge in [0.05, 0.1) is 18.6 Å². The summed E-state index contributed by atoms with van der Waals surface area (Å²) >= 11 is 0. The number of halogens is 1. The Kier molecular flexibility index (Phi) is 5.24. The minimum absolute atomic E-state index is 0.176. The van der Waals surface area contributed by atoms with E-state index in [0.717, 1.165) is 18.0 Å². The Morgan fingerprint density at radius 3 is 2.68 bits per heavy atom. The third-order valence-electron chi connectivity index (χ3n) is 4.26. The summed E-state index contributed by atoms with van der Waals surface area (Å²) in [6.45, 7) is 1.28. The van der Waals surface area contributed by atoms with Crippen molar-refractivity contribution >= 4 is 15.7 Å². The Hall–Kier alpha value is -2.12. The molecular formula is C18H21FN2O3S. The Morgan fingerprint density at radius 2 is 1.92 bits per heavy atom.